The van der Waals surface area contributed by atoms with Crippen molar-refractivity contribution in [3.05, 3.63) is 98.5 Å². The van der Waals surface area contributed by atoms with Gasteiger partial charge in [0.15, 0.2) is 0 Å². The molecule has 5 nitrogen and oxygen atoms in total. The monoisotopic (exact) mass is 497 g/mol. The van der Waals surface area contributed by atoms with Crippen molar-refractivity contribution in [2.24, 2.45) is 0 Å². The molecule has 2 N–H and O–H groups in total. The van der Waals surface area contributed by atoms with Gasteiger partial charge in [-0.1, -0.05) is 65.6 Å². The van der Waals surface area contributed by atoms with Gasteiger partial charge in [0.2, 0.25) is 0 Å². The molecule has 4 rings (SSSR count). The average molecular weight is 499 g/mol. The molecular formula is C24H21BrClN3O2. The number of amides is 2. The summed E-state index contributed by atoms with van der Waals surface area (Å²) < 4.78 is 0.867. The first-order valence-corrected chi connectivity index (χ1v) is 11.1. The highest BCUT2D eigenvalue weighted by molar-refractivity contribution is 9.10. The minimum absolute atomic E-state index is 0.334. The molecule has 0 radical (unpaired) electrons. The normalized spacial score (nSPS) is 15.5. The summed E-state index contributed by atoms with van der Waals surface area (Å²) in [7, 11) is 0. The average Bonchev–Trinajstić information content (AvgIpc) is 2.76. The molecule has 0 spiro atoms. The molecule has 158 valence electrons. The molecule has 2 amide bonds. The van der Waals surface area contributed by atoms with E-state index in [1.807, 2.05) is 24.3 Å². The fourth-order valence-electron chi connectivity index (χ4n) is 3.46. The number of benzene rings is 3. The topological polar surface area (TPSA) is 61.4 Å². The van der Waals surface area contributed by atoms with E-state index in [0.717, 1.165) is 10.0 Å². The van der Waals surface area contributed by atoms with Gasteiger partial charge >= 0.3 is 0 Å². The van der Waals surface area contributed by atoms with Gasteiger partial charge in [0, 0.05) is 20.7 Å². The molecule has 3 aromatic carbocycles. The van der Waals surface area contributed by atoms with Gasteiger partial charge in [-0.2, -0.15) is 0 Å². The number of fused-ring (bicyclic) bond motifs is 1. The van der Waals surface area contributed by atoms with Gasteiger partial charge in [0.25, 0.3) is 11.8 Å². The van der Waals surface area contributed by atoms with Crippen molar-refractivity contribution < 1.29 is 9.59 Å². The number of rotatable bonds is 4. The summed E-state index contributed by atoms with van der Waals surface area (Å²) in [6.07, 6.45) is -0.568. The third-order valence-corrected chi connectivity index (χ3v) is 5.99. The van der Waals surface area contributed by atoms with Crippen LogP contribution in [-0.2, 0) is 0 Å². The van der Waals surface area contributed by atoms with E-state index in [9.17, 15) is 9.59 Å². The summed E-state index contributed by atoms with van der Waals surface area (Å²) >= 11 is 9.48. The highest BCUT2D eigenvalue weighted by atomic mass is 79.9. The number of hydrogen-bond donors (Lipinski definition) is 2. The lowest BCUT2D eigenvalue weighted by atomic mass is 9.99. The smallest absolute Gasteiger partial charge is 0.276 e. The minimum atomic E-state index is -0.568. The predicted octanol–water partition coefficient (Wildman–Crippen LogP) is 6.14. The second kappa shape index (κ2) is 8.73. The van der Waals surface area contributed by atoms with Crippen LogP contribution >= 0.6 is 27.5 Å². The van der Waals surface area contributed by atoms with Crippen LogP contribution in [0.2, 0.25) is 5.02 Å². The Morgan fingerprint density at radius 3 is 2.39 bits per heavy atom. The summed E-state index contributed by atoms with van der Waals surface area (Å²) in [6.45, 7) is 4.25. The number of hydrazine groups is 1. The third-order valence-electron chi connectivity index (χ3n) is 5.23. The summed E-state index contributed by atoms with van der Waals surface area (Å²) in [6, 6.07) is 20.1. The quantitative estimate of drug-likeness (QED) is 0.454. The second-order valence-corrected chi connectivity index (χ2v) is 9.03. The van der Waals surface area contributed by atoms with Crippen LogP contribution < -0.4 is 10.7 Å². The Balaban J connectivity index is 1.71. The van der Waals surface area contributed by atoms with E-state index < -0.39 is 6.17 Å². The zero-order valence-corrected chi connectivity index (χ0v) is 19.4. The van der Waals surface area contributed by atoms with Crippen LogP contribution in [0, 0.1) is 0 Å². The maximum Gasteiger partial charge on any atom is 0.276 e. The van der Waals surface area contributed by atoms with Gasteiger partial charge in [-0.15, -0.1) is 0 Å². The Hall–Kier alpha value is -2.83. The first-order chi connectivity index (χ1) is 14.8. The van der Waals surface area contributed by atoms with Crippen molar-refractivity contribution in [1.82, 2.24) is 10.4 Å². The number of anilines is 1. The molecule has 0 saturated heterocycles. The van der Waals surface area contributed by atoms with Crippen LogP contribution in [0.1, 0.15) is 57.8 Å². The Morgan fingerprint density at radius 1 is 1.06 bits per heavy atom. The number of carbonyl (C=O) groups is 2. The van der Waals surface area contributed by atoms with Crippen molar-refractivity contribution >= 4 is 45.0 Å². The Bertz CT molecular complexity index is 1130. The van der Waals surface area contributed by atoms with Crippen LogP contribution in [0.5, 0.6) is 0 Å². The van der Waals surface area contributed by atoms with Gasteiger partial charge in [-0.3, -0.25) is 15.0 Å². The molecule has 1 heterocycles. The number of nitrogens with one attached hydrogen (secondary N) is 2. The van der Waals surface area contributed by atoms with Crippen LogP contribution in [-0.4, -0.2) is 16.8 Å². The summed E-state index contributed by atoms with van der Waals surface area (Å²) in [5, 5.41) is 5.14. The first-order valence-electron chi connectivity index (χ1n) is 9.89. The molecular weight excluding hydrogens is 478 g/mol. The lowest BCUT2D eigenvalue weighted by Gasteiger charge is -2.38. The lowest BCUT2D eigenvalue weighted by molar-refractivity contribution is 0.0491. The molecule has 0 aromatic heterocycles. The molecule has 0 fully saturated rings. The Morgan fingerprint density at radius 2 is 1.74 bits per heavy atom. The predicted molar refractivity (Wildman–Crippen MR) is 126 cm³/mol. The van der Waals surface area contributed by atoms with Crippen molar-refractivity contribution in [2.45, 2.75) is 25.9 Å². The van der Waals surface area contributed by atoms with Crippen LogP contribution in [0.25, 0.3) is 0 Å². The van der Waals surface area contributed by atoms with E-state index in [2.05, 4.69) is 40.5 Å². The number of hydrogen-bond acceptors (Lipinski definition) is 3. The maximum atomic E-state index is 13.4. The van der Waals surface area contributed by atoms with Gasteiger partial charge < -0.3 is 5.32 Å². The van der Waals surface area contributed by atoms with E-state index in [-0.39, 0.29) is 11.8 Å². The molecule has 1 unspecified atom stereocenters. The van der Waals surface area contributed by atoms with E-state index in [1.165, 1.54) is 10.6 Å². The standard InChI is InChI=1S/C24H21BrClN3O2/c1-14(2)15-3-5-16(6-4-15)22-27-21-12-11-19(26)13-20(21)24(31)29(22)28-23(30)17-7-9-18(25)10-8-17/h3-14,22,27H,1-2H3,(H,28,30). The molecule has 0 aliphatic carbocycles. The van der Waals surface area contributed by atoms with Gasteiger partial charge in [-0.05, 0) is 59.5 Å². The molecule has 0 saturated carbocycles. The molecule has 31 heavy (non-hydrogen) atoms. The van der Waals surface area contributed by atoms with Crippen molar-refractivity contribution in [3.8, 4) is 0 Å². The fraction of sp³-hybridized carbons (Fsp3) is 0.167. The largest absolute Gasteiger partial charge is 0.359 e. The highest BCUT2D eigenvalue weighted by Crippen LogP contribution is 2.34. The van der Waals surface area contributed by atoms with Crippen LogP contribution in [0.4, 0.5) is 5.69 Å². The first kappa shape index (κ1) is 21.4. The summed E-state index contributed by atoms with van der Waals surface area (Å²) in [5.74, 6) is -0.317. The number of carbonyl (C=O) groups excluding carboxylic acids is 2. The molecule has 1 atom stereocenters. The molecule has 1 aliphatic heterocycles. The number of halogens is 2. The Kier molecular flexibility index (Phi) is 6.03. The molecule has 0 bridgehead atoms. The van der Waals surface area contributed by atoms with Crippen molar-refractivity contribution in [3.63, 3.8) is 0 Å². The van der Waals surface area contributed by atoms with Gasteiger partial charge in [-0.25, -0.2) is 5.01 Å². The van der Waals surface area contributed by atoms with Gasteiger partial charge in [0.05, 0.1) is 5.56 Å². The minimum Gasteiger partial charge on any atom is -0.359 e. The highest BCUT2D eigenvalue weighted by Gasteiger charge is 2.34. The van der Waals surface area contributed by atoms with E-state index in [0.29, 0.717) is 27.8 Å². The fourth-order valence-corrected chi connectivity index (χ4v) is 3.90. The van der Waals surface area contributed by atoms with Crippen molar-refractivity contribution in [2.75, 3.05) is 5.32 Å². The van der Waals surface area contributed by atoms with Gasteiger partial charge in [0.1, 0.15) is 6.17 Å². The summed E-state index contributed by atoms with van der Waals surface area (Å²) in [4.78, 5) is 26.2. The third kappa shape index (κ3) is 4.45. The van der Waals surface area contributed by atoms with E-state index in [4.69, 9.17) is 11.6 Å². The van der Waals surface area contributed by atoms with Crippen molar-refractivity contribution in [1.29, 1.82) is 0 Å². The molecule has 1 aliphatic rings. The van der Waals surface area contributed by atoms with Crippen LogP contribution in [0.3, 0.4) is 0 Å². The van der Waals surface area contributed by atoms with E-state index in [1.54, 1.807) is 42.5 Å². The zero-order chi connectivity index (χ0) is 22.1. The van der Waals surface area contributed by atoms with Crippen LogP contribution in [0.15, 0.2) is 71.2 Å². The lowest BCUT2D eigenvalue weighted by Crippen LogP contribution is -2.52. The molecule has 3 aromatic rings. The molecule has 7 heteroatoms. The summed E-state index contributed by atoms with van der Waals surface area (Å²) in [5.41, 5.74) is 6.34. The SMILES string of the molecule is CC(C)c1ccc(C2Nc3ccc(Cl)cc3C(=O)N2NC(=O)c2ccc(Br)cc2)cc1. The maximum absolute atomic E-state index is 13.4. The zero-order valence-electron chi connectivity index (χ0n) is 17.0. The Labute approximate surface area is 194 Å². The van der Waals surface area contributed by atoms with E-state index >= 15 is 0 Å². The number of nitrogens with zero attached hydrogens (tertiary/aromatic N) is 1. The second-order valence-electron chi connectivity index (χ2n) is 7.68.